The molecule has 4 rings (SSSR count). The summed E-state index contributed by atoms with van der Waals surface area (Å²) in [5.41, 5.74) is 3.63. The summed E-state index contributed by atoms with van der Waals surface area (Å²) in [6, 6.07) is 20.3. The van der Waals surface area contributed by atoms with Crippen LogP contribution < -0.4 is 4.74 Å². The lowest BCUT2D eigenvalue weighted by molar-refractivity contribution is 0.0594. The highest BCUT2D eigenvalue weighted by Crippen LogP contribution is 2.28. The van der Waals surface area contributed by atoms with Crippen LogP contribution in [0, 0.1) is 6.92 Å². The molecule has 0 unspecified atom stereocenters. The molecule has 5 heteroatoms. The number of amides is 1. The van der Waals surface area contributed by atoms with E-state index in [1.54, 1.807) is 6.07 Å². The monoisotopic (exact) mass is 432 g/mol. The molecule has 1 aliphatic heterocycles. The Hall–Kier alpha value is -3.05. The molecule has 0 bridgehead atoms. The Bertz CT molecular complexity index is 1030. The summed E-state index contributed by atoms with van der Waals surface area (Å²) in [6.07, 6.45) is 0. The van der Waals surface area contributed by atoms with Crippen molar-refractivity contribution >= 4 is 5.91 Å². The van der Waals surface area contributed by atoms with Gasteiger partial charge in [0.1, 0.15) is 18.1 Å². The van der Waals surface area contributed by atoms with Crippen LogP contribution in [0.4, 0.5) is 0 Å². The Balaban J connectivity index is 1.31. The van der Waals surface area contributed by atoms with Gasteiger partial charge < -0.3 is 14.1 Å². The van der Waals surface area contributed by atoms with Crippen LogP contribution in [-0.4, -0.2) is 41.9 Å². The average molecular weight is 433 g/mol. The van der Waals surface area contributed by atoms with Crippen molar-refractivity contribution in [2.24, 2.45) is 0 Å². The first-order chi connectivity index (χ1) is 15.5. The maximum absolute atomic E-state index is 12.9. The van der Waals surface area contributed by atoms with E-state index in [9.17, 15) is 4.79 Å². The quantitative estimate of drug-likeness (QED) is 0.512. The largest absolute Gasteiger partial charge is 0.485 e. The summed E-state index contributed by atoms with van der Waals surface area (Å²) in [5.74, 6) is 2.24. The lowest BCUT2D eigenvalue weighted by atomic mass is 10.0. The summed E-state index contributed by atoms with van der Waals surface area (Å²) in [6.45, 7) is 10.7. The SMILES string of the molecule is Cc1ccc(C(C)C)c(OCc2ccc(C(=O)N3CCN(Cc4ccccc4)CC3)o2)c1. The topological polar surface area (TPSA) is 45.9 Å². The molecule has 32 heavy (non-hydrogen) atoms. The van der Waals surface area contributed by atoms with Gasteiger partial charge in [0.05, 0.1) is 0 Å². The zero-order valence-corrected chi connectivity index (χ0v) is 19.2. The molecule has 0 atom stereocenters. The molecule has 0 saturated carbocycles. The van der Waals surface area contributed by atoms with Crippen LogP contribution in [0.15, 0.2) is 65.1 Å². The minimum atomic E-state index is -0.0472. The van der Waals surface area contributed by atoms with Gasteiger partial charge in [0.15, 0.2) is 5.76 Å². The Labute approximate surface area is 190 Å². The molecule has 5 nitrogen and oxygen atoms in total. The molecule has 1 aliphatic rings. The van der Waals surface area contributed by atoms with Crippen molar-refractivity contribution in [3.05, 3.63) is 88.9 Å². The highest BCUT2D eigenvalue weighted by Gasteiger charge is 2.24. The second-order valence-electron chi connectivity index (χ2n) is 8.80. The van der Waals surface area contributed by atoms with Crippen molar-refractivity contribution in [2.45, 2.75) is 39.8 Å². The molecule has 0 N–H and O–H groups in total. The standard InChI is InChI=1S/C27H32N2O3/c1-20(2)24-11-9-21(3)17-26(24)31-19-23-10-12-25(32-23)27(30)29-15-13-28(14-16-29)18-22-7-5-4-6-8-22/h4-12,17,20H,13-16,18-19H2,1-3H3. The van der Waals surface area contributed by atoms with Crippen LogP contribution in [-0.2, 0) is 13.2 Å². The molecular weight excluding hydrogens is 400 g/mol. The number of benzene rings is 2. The predicted octanol–water partition coefficient (Wildman–Crippen LogP) is 5.25. The number of hydrogen-bond acceptors (Lipinski definition) is 4. The van der Waals surface area contributed by atoms with E-state index in [-0.39, 0.29) is 5.91 Å². The molecule has 2 aromatic carbocycles. The first-order valence-corrected chi connectivity index (χ1v) is 11.4. The minimum Gasteiger partial charge on any atom is -0.485 e. The van der Waals surface area contributed by atoms with E-state index < -0.39 is 0 Å². The fourth-order valence-corrected chi connectivity index (χ4v) is 4.07. The molecular formula is C27H32N2O3. The lowest BCUT2D eigenvalue weighted by Crippen LogP contribution is -2.48. The first-order valence-electron chi connectivity index (χ1n) is 11.4. The van der Waals surface area contributed by atoms with E-state index in [0.29, 0.717) is 37.1 Å². The van der Waals surface area contributed by atoms with E-state index in [4.69, 9.17) is 9.15 Å². The normalized spacial score (nSPS) is 14.7. The minimum absolute atomic E-state index is 0.0472. The van der Waals surface area contributed by atoms with Crippen molar-refractivity contribution in [1.82, 2.24) is 9.80 Å². The maximum Gasteiger partial charge on any atom is 0.289 e. The van der Waals surface area contributed by atoms with Crippen LogP contribution in [0.25, 0.3) is 0 Å². The fourth-order valence-electron chi connectivity index (χ4n) is 4.07. The van der Waals surface area contributed by atoms with Crippen molar-refractivity contribution in [3.8, 4) is 5.75 Å². The highest BCUT2D eigenvalue weighted by atomic mass is 16.5. The van der Waals surface area contributed by atoms with E-state index in [2.05, 4.69) is 68.1 Å². The third kappa shape index (κ3) is 5.40. The molecule has 1 saturated heterocycles. The number of aryl methyl sites for hydroxylation is 1. The summed E-state index contributed by atoms with van der Waals surface area (Å²) in [5, 5.41) is 0. The Morgan fingerprint density at radius 1 is 1.00 bits per heavy atom. The maximum atomic E-state index is 12.9. The van der Waals surface area contributed by atoms with Crippen molar-refractivity contribution in [2.75, 3.05) is 26.2 Å². The average Bonchev–Trinajstić information content (AvgIpc) is 3.27. The number of rotatable bonds is 7. The molecule has 0 spiro atoms. The van der Waals surface area contributed by atoms with Gasteiger partial charge >= 0.3 is 0 Å². The zero-order valence-electron chi connectivity index (χ0n) is 19.2. The lowest BCUT2D eigenvalue weighted by Gasteiger charge is -2.34. The smallest absolute Gasteiger partial charge is 0.289 e. The predicted molar refractivity (Wildman–Crippen MR) is 126 cm³/mol. The number of ether oxygens (including phenoxy) is 1. The Kier molecular flexibility index (Phi) is 6.96. The third-order valence-electron chi connectivity index (χ3n) is 5.94. The molecule has 3 aromatic rings. The molecule has 0 aliphatic carbocycles. The number of hydrogen-bond donors (Lipinski definition) is 0. The zero-order chi connectivity index (χ0) is 22.5. The van der Waals surface area contributed by atoms with Crippen molar-refractivity contribution < 1.29 is 13.9 Å². The van der Waals surface area contributed by atoms with Gasteiger partial charge in [0, 0.05) is 32.7 Å². The van der Waals surface area contributed by atoms with Gasteiger partial charge in [-0.1, -0.05) is 56.3 Å². The molecule has 1 fully saturated rings. The Morgan fingerprint density at radius 2 is 1.75 bits per heavy atom. The highest BCUT2D eigenvalue weighted by molar-refractivity contribution is 5.91. The summed E-state index contributed by atoms with van der Waals surface area (Å²) >= 11 is 0. The number of carbonyl (C=O) groups is 1. The van der Waals surface area contributed by atoms with E-state index in [1.165, 1.54) is 11.1 Å². The number of piperazine rings is 1. The van der Waals surface area contributed by atoms with E-state index >= 15 is 0 Å². The second kappa shape index (κ2) is 10.0. The van der Waals surface area contributed by atoms with Crippen LogP contribution in [0.1, 0.15) is 52.8 Å². The summed E-state index contributed by atoms with van der Waals surface area (Å²) in [4.78, 5) is 17.2. The van der Waals surface area contributed by atoms with Gasteiger partial charge in [-0.15, -0.1) is 0 Å². The fraction of sp³-hybridized carbons (Fsp3) is 0.370. The molecule has 2 heterocycles. The summed E-state index contributed by atoms with van der Waals surface area (Å²) < 4.78 is 11.9. The van der Waals surface area contributed by atoms with Gasteiger partial charge in [-0.05, 0) is 47.7 Å². The van der Waals surface area contributed by atoms with Gasteiger partial charge in [-0.3, -0.25) is 9.69 Å². The van der Waals surface area contributed by atoms with Gasteiger partial charge in [-0.25, -0.2) is 0 Å². The summed E-state index contributed by atoms with van der Waals surface area (Å²) in [7, 11) is 0. The van der Waals surface area contributed by atoms with Crippen molar-refractivity contribution in [3.63, 3.8) is 0 Å². The third-order valence-corrected chi connectivity index (χ3v) is 5.94. The van der Waals surface area contributed by atoms with E-state index in [0.717, 1.165) is 30.9 Å². The molecule has 1 amide bonds. The number of furan rings is 1. The van der Waals surface area contributed by atoms with Crippen LogP contribution >= 0.6 is 0 Å². The van der Waals surface area contributed by atoms with Crippen LogP contribution in [0.3, 0.4) is 0 Å². The van der Waals surface area contributed by atoms with Crippen LogP contribution in [0.2, 0.25) is 0 Å². The van der Waals surface area contributed by atoms with E-state index in [1.807, 2.05) is 17.0 Å². The number of nitrogens with zero attached hydrogens (tertiary/aromatic N) is 2. The van der Waals surface area contributed by atoms with Gasteiger partial charge in [0.2, 0.25) is 0 Å². The molecule has 1 aromatic heterocycles. The van der Waals surface area contributed by atoms with Gasteiger partial charge in [0.25, 0.3) is 5.91 Å². The Morgan fingerprint density at radius 3 is 2.47 bits per heavy atom. The molecule has 168 valence electrons. The van der Waals surface area contributed by atoms with Crippen molar-refractivity contribution in [1.29, 1.82) is 0 Å². The number of carbonyl (C=O) groups excluding carboxylic acids is 1. The first kappa shape index (κ1) is 22.2. The van der Waals surface area contributed by atoms with Gasteiger partial charge in [-0.2, -0.15) is 0 Å². The molecule has 0 radical (unpaired) electrons. The van der Waals surface area contributed by atoms with Crippen LogP contribution in [0.5, 0.6) is 5.75 Å². The second-order valence-corrected chi connectivity index (χ2v) is 8.80.